The van der Waals surface area contributed by atoms with Crippen molar-refractivity contribution in [2.45, 2.75) is 40.2 Å². The number of amides is 1. The fourth-order valence-electron chi connectivity index (χ4n) is 4.18. The quantitative estimate of drug-likeness (QED) is 0.202. The van der Waals surface area contributed by atoms with Crippen LogP contribution in [0.3, 0.4) is 0 Å². The highest BCUT2D eigenvalue weighted by atomic mass is 16.5. The predicted octanol–water partition coefficient (Wildman–Crippen LogP) is 4.59. The first-order valence-corrected chi connectivity index (χ1v) is 12.2. The van der Waals surface area contributed by atoms with Crippen LogP contribution in [0.25, 0.3) is 5.76 Å². The molecule has 8 nitrogen and oxygen atoms in total. The Morgan fingerprint density at radius 3 is 2.47 bits per heavy atom. The molecule has 36 heavy (non-hydrogen) atoms. The van der Waals surface area contributed by atoms with Crippen molar-refractivity contribution in [3.63, 3.8) is 0 Å². The van der Waals surface area contributed by atoms with Crippen LogP contribution in [0.2, 0.25) is 0 Å². The van der Waals surface area contributed by atoms with Crippen molar-refractivity contribution in [2.24, 2.45) is 5.92 Å². The van der Waals surface area contributed by atoms with Crippen LogP contribution in [-0.2, 0) is 14.3 Å². The summed E-state index contributed by atoms with van der Waals surface area (Å²) >= 11 is 0. The third kappa shape index (κ3) is 5.82. The smallest absolute Gasteiger partial charge is 0.295 e. The number of methoxy groups -OCH3 is 1. The number of nitrogens with zero attached hydrogens (tertiary/aromatic N) is 1. The van der Waals surface area contributed by atoms with Crippen LogP contribution in [-0.4, -0.2) is 60.3 Å². The van der Waals surface area contributed by atoms with Crippen LogP contribution in [0.5, 0.6) is 17.2 Å². The number of hydrogen-bond donors (Lipinski definition) is 2. The van der Waals surface area contributed by atoms with E-state index in [0.717, 1.165) is 5.56 Å². The maximum Gasteiger partial charge on any atom is 0.295 e. The van der Waals surface area contributed by atoms with Crippen molar-refractivity contribution in [1.29, 1.82) is 0 Å². The first-order valence-electron chi connectivity index (χ1n) is 12.2. The zero-order valence-corrected chi connectivity index (χ0v) is 21.5. The minimum Gasteiger partial charge on any atom is -0.507 e. The standard InChI is InChI=1S/C28H35NO7/c1-6-35-23-15-19(8-10-21(23)30)25-24(27(32)28(33)29(25)12-7-13-34-5)26(31)20-9-11-22(18(4)14-20)36-16-17(2)3/h8-11,14-15,17,25,30-31H,6-7,12-13,16H2,1-5H3/t25-/m1/s1. The second-order valence-electron chi connectivity index (χ2n) is 9.18. The van der Waals surface area contributed by atoms with Gasteiger partial charge in [-0.1, -0.05) is 19.9 Å². The third-order valence-electron chi connectivity index (χ3n) is 5.91. The molecule has 0 saturated carbocycles. The number of benzene rings is 2. The van der Waals surface area contributed by atoms with Gasteiger partial charge in [0.2, 0.25) is 0 Å². The van der Waals surface area contributed by atoms with Crippen LogP contribution in [0.15, 0.2) is 42.0 Å². The van der Waals surface area contributed by atoms with Crippen molar-refractivity contribution in [2.75, 3.05) is 33.5 Å². The molecule has 194 valence electrons. The van der Waals surface area contributed by atoms with Crippen LogP contribution < -0.4 is 9.47 Å². The van der Waals surface area contributed by atoms with E-state index in [9.17, 15) is 19.8 Å². The number of carbonyl (C=O) groups is 2. The third-order valence-corrected chi connectivity index (χ3v) is 5.91. The molecule has 2 aromatic carbocycles. The molecule has 1 atom stereocenters. The summed E-state index contributed by atoms with van der Waals surface area (Å²) in [7, 11) is 1.57. The highest BCUT2D eigenvalue weighted by molar-refractivity contribution is 6.46. The Kier molecular flexibility index (Phi) is 8.98. The molecule has 0 aromatic heterocycles. The van der Waals surface area contributed by atoms with E-state index in [1.165, 1.54) is 11.0 Å². The summed E-state index contributed by atoms with van der Waals surface area (Å²) in [6.45, 7) is 9.32. The second-order valence-corrected chi connectivity index (χ2v) is 9.18. The Morgan fingerprint density at radius 2 is 1.83 bits per heavy atom. The number of carbonyl (C=O) groups excluding carboxylic acids is 2. The van der Waals surface area contributed by atoms with Crippen molar-refractivity contribution in [3.8, 4) is 17.2 Å². The number of ketones is 1. The van der Waals surface area contributed by atoms with Crippen molar-refractivity contribution >= 4 is 17.4 Å². The summed E-state index contributed by atoms with van der Waals surface area (Å²) in [5.41, 5.74) is 1.74. The molecule has 1 fully saturated rings. The van der Waals surface area contributed by atoms with Gasteiger partial charge in [0.1, 0.15) is 11.5 Å². The van der Waals surface area contributed by atoms with Crippen LogP contribution in [0, 0.1) is 12.8 Å². The molecule has 0 spiro atoms. The first-order chi connectivity index (χ1) is 17.2. The number of aliphatic hydroxyl groups excluding tert-OH is 1. The summed E-state index contributed by atoms with van der Waals surface area (Å²) in [5, 5.41) is 21.5. The van der Waals surface area contributed by atoms with E-state index in [0.29, 0.717) is 49.0 Å². The lowest BCUT2D eigenvalue weighted by Gasteiger charge is -2.26. The lowest BCUT2D eigenvalue weighted by molar-refractivity contribution is -0.140. The first kappa shape index (κ1) is 27.1. The fraction of sp³-hybridized carbons (Fsp3) is 0.429. The van der Waals surface area contributed by atoms with Gasteiger partial charge in [0.05, 0.1) is 24.8 Å². The normalized spacial score (nSPS) is 17.2. The molecule has 0 bridgehead atoms. The molecule has 2 aromatic rings. The maximum absolute atomic E-state index is 13.2. The molecule has 0 radical (unpaired) electrons. The molecule has 1 heterocycles. The van der Waals surface area contributed by atoms with Gasteiger partial charge in [-0.05, 0) is 67.6 Å². The molecule has 1 saturated heterocycles. The number of rotatable bonds is 11. The SMILES string of the molecule is CCOc1cc([C@@H]2C(=C(O)c3ccc(OCC(C)C)c(C)c3)C(=O)C(=O)N2CCCOC)ccc1O. The minimum absolute atomic E-state index is 0.0131. The number of phenolic OH excluding ortho intramolecular Hbond substituents is 1. The molecule has 1 amide bonds. The number of phenols is 1. The lowest BCUT2D eigenvalue weighted by Crippen LogP contribution is -2.31. The van der Waals surface area contributed by atoms with E-state index < -0.39 is 17.7 Å². The highest BCUT2D eigenvalue weighted by Crippen LogP contribution is 2.42. The van der Waals surface area contributed by atoms with Gasteiger partial charge in [0.25, 0.3) is 11.7 Å². The van der Waals surface area contributed by atoms with Gasteiger partial charge in [-0.15, -0.1) is 0 Å². The monoisotopic (exact) mass is 497 g/mol. The van der Waals surface area contributed by atoms with E-state index in [2.05, 4.69) is 13.8 Å². The second kappa shape index (κ2) is 11.9. The number of aliphatic hydroxyl groups is 1. The lowest BCUT2D eigenvalue weighted by atomic mass is 9.94. The molecular formula is C28H35NO7. The topological polar surface area (TPSA) is 106 Å². The van der Waals surface area contributed by atoms with Crippen molar-refractivity contribution in [1.82, 2.24) is 4.90 Å². The Morgan fingerprint density at radius 1 is 1.08 bits per heavy atom. The maximum atomic E-state index is 13.2. The summed E-state index contributed by atoms with van der Waals surface area (Å²) in [5.74, 6) is -0.493. The predicted molar refractivity (Wildman–Crippen MR) is 136 cm³/mol. The Hall–Kier alpha value is -3.52. The van der Waals surface area contributed by atoms with Gasteiger partial charge in [0.15, 0.2) is 11.5 Å². The molecule has 0 unspecified atom stereocenters. The fourth-order valence-corrected chi connectivity index (χ4v) is 4.18. The van der Waals surface area contributed by atoms with E-state index in [1.807, 2.05) is 6.92 Å². The molecule has 0 aliphatic carbocycles. The van der Waals surface area contributed by atoms with Gasteiger partial charge < -0.3 is 29.3 Å². The zero-order chi connectivity index (χ0) is 26.4. The van der Waals surface area contributed by atoms with Crippen LogP contribution in [0.4, 0.5) is 0 Å². The summed E-state index contributed by atoms with van der Waals surface area (Å²) < 4.78 is 16.5. The summed E-state index contributed by atoms with van der Waals surface area (Å²) in [6.07, 6.45) is 0.511. The molecule has 2 N–H and O–H groups in total. The van der Waals surface area contributed by atoms with Gasteiger partial charge in [-0.25, -0.2) is 0 Å². The number of Topliss-reactive ketones (excluding diaryl/α,β-unsaturated/α-hetero) is 1. The van der Waals surface area contributed by atoms with E-state index in [1.54, 1.807) is 44.4 Å². The largest absolute Gasteiger partial charge is 0.507 e. The summed E-state index contributed by atoms with van der Waals surface area (Å²) in [6, 6.07) is 9.00. The Balaban J connectivity index is 2.10. The number of aryl methyl sites for hydroxylation is 1. The molecular weight excluding hydrogens is 462 g/mol. The van der Waals surface area contributed by atoms with Gasteiger partial charge in [-0.3, -0.25) is 9.59 Å². The number of hydrogen-bond acceptors (Lipinski definition) is 7. The minimum atomic E-state index is -0.848. The highest BCUT2D eigenvalue weighted by Gasteiger charge is 2.46. The Labute approximate surface area is 212 Å². The van der Waals surface area contributed by atoms with Crippen molar-refractivity contribution in [3.05, 3.63) is 58.7 Å². The average molecular weight is 498 g/mol. The number of aromatic hydroxyl groups is 1. The molecule has 1 aliphatic rings. The van der Waals surface area contributed by atoms with E-state index >= 15 is 0 Å². The van der Waals surface area contributed by atoms with Crippen molar-refractivity contribution < 1.29 is 34.0 Å². The van der Waals surface area contributed by atoms with Crippen LogP contribution >= 0.6 is 0 Å². The number of ether oxygens (including phenoxy) is 3. The molecule has 3 rings (SSSR count). The van der Waals surface area contributed by atoms with Gasteiger partial charge >= 0.3 is 0 Å². The van der Waals surface area contributed by atoms with Gasteiger partial charge in [0, 0.05) is 25.8 Å². The number of likely N-dealkylation sites (tertiary alicyclic amines) is 1. The summed E-state index contributed by atoms with van der Waals surface area (Å²) in [4.78, 5) is 27.7. The van der Waals surface area contributed by atoms with E-state index in [4.69, 9.17) is 14.2 Å². The van der Waals surface area contributed by atoms with Gasteiger partial charge in [-0.2, -0.15) is 0 Å². The van der Waals surface area contributed by atoms with Crippen LogP contribution in [0.1, 0.15) is 49.9 Å². The zero-order valence-electron chi connectivity index (χ0n) is 21.5. The molecule has 8 heteroatoms. The molecule has 1 aliphatic heterocycles. The van der Waals surface area contributed by atoms with E-state index in [-0.39, 0.29) is 29.4 Å². The average Bonchev–Trinajstić information content (AvgIpc) is 3.09. The Bertz CT molecular complexity index is 1140.